The van der Waals surface area contributed by atoms with Crippen LogP contribution in [0.5, 0.6) is 5.75 Å². The number of nitrogens with zero attached hydrogens (tertiary/aromatic N) is 1. The number of carbonyl (C=O) groups excluding carboxylic acids is 1. The van der Waals surface area contributed by atoms with Crippen molar-refractivity contribution in [2.45, 2.75) is 0 Å². The highest BCUT2D eigenvalue weighted by Crippen LogP contribution is 2.22. The highest BCUT2D eigenvalue weighted by Gasteiger charge is 2.01. The van der Waals surface area contributed by atoms with Crippen LogP contribution in [0, 0.1) is 0 Å². The number of fused-ring (bicyclic) bond motifs is 1. The molecule has 0 radical (unpaired) electrons. The summed E-state index contributed by atoms with van der Waals surface area (Å²) in [4.78, 5) is 16.3. The lowest BCUT2D eigenvalue weighted by molar-refractivity contribution is -0.116. The highest BCUT2D eigenvalue weighted by molar-refractivity contribution is 9.10. The van der Waals surface area contributed by atoms with Crippen LogP contribution in [0.2, 0.25) is 0 Å². The maximum atomic E-state index is 11.8. The van der Waals surface area contributed by atoms with Gasteiger partial charge in [0.2, 0.25) is 5.91 Å². The Hall–Kier alpha value is -2.18. The molecule has 3 aromatic rings. The molecule has 1 heterocycles. The Labute approximate surface area is 152 Å². The van der Waals surface area contributed by atoms with Crippen LogP contribution >= 0.6 is 27.3 Å². The molecule has 0 atom stereocenters. The van der Waals surface area contributed by atoms with Gasteiger partial charge in [-0.05, 0) is 36.4 Å². The monoisotopic (exact) mass is 402 g/mol. The SMILES string of the molecule is O=C(/C=C/c1nc2ccccc2s1)NCCOc1cccc(Br)c1. The molecule has 1 amide bonds. The number of hydrogen-bond acceptors (Lipinski definition) is 4. The number of thiazole rings is 1. The Morgan fingerprint density at radius 1 is 1.25 bits per heavy atom. The molecule has 0 saturated carbocycles. The summed E-state index contributed by atoms with van der Waals surface area (Å²) in [7, 11) is 0. The topological polar surface area (TPSA) is 51.2 Å². The number of carbonyl (C=O) groups is 1. The van der Waals surface area contributed by atoms with Gasteiger partial charge in [-0.2, -0.15) is 0 Å². The molecule has 0 fully saturated rings. The number of para-hydroxylation sites is 1. The second-order valence-electron chi connectivity index (χ2n) is 4.95. The van der Waals surface area contributed by atoms with Crippen molar-refractivity contribution < 1.29 is 9.53 Å². The molecule has 1 N–H and O–H groups in total. The number of nitrogens with one attached hydrogen (secondary N) is 1. The summed E-state index contributed by atoms with van der Waals surface area (Å²) in [6, 6.07) is 15.5. The lowest BCUT2D eigenvalue weighted by Gasteiger charge is -2.06. The first kappa shape index (κ1) is 16.7. The number of rotatable bonds is 6. The number of amides is 1. The summed E-state index contributed by atoms with van der Waals surface area (Å²) < 4.78 is 7.63. The standard InChI is InChI=1S/C18H15BrN2O2S/c19-13-4-3-5-14(12-13)23-11-10-20-17(22)8-9-18-21-15-6-1-2-7-16(15)24-18/h1-9,12H,10-11H2,(H,20,22)/b9-8+. The van der Waals surface area contributed by atoms with Gasteiger partial charge in [0.1, 0.15) is 17.4 Å². The third-order valence-corrected chi connectivity index (χ3v) is 4.65. The van der Waals surface area contributed by atoms with Gasteiger partial charge in [-0.3, -0.25) is 4.79 Å². The summed E-state index contributed by atoms with van der Waals surface area (Å²) in [5.74, 6) is 0.607. The first-order valence-corrected chi connectivity index (χ1v) is 9.01. The summed E-state index contributed by atoms with van der Waals surface area (Å²) in [5.41, 5.74) is 0.949. The first-order valence-electron chi connectivity index (χ1n) is 7.40. The molecule has 0 aliphatic heterocycles. The normalized spacial score (nSPS) is 11.0. The largest absolute Gasteiger partial charge is 0.492 e. The summed E-state index contributed by atoms with van der Waals surface area (Å²) in [6.07, 6.45) is 3.23. The first-order chi connectivity index (χ1) is 11.7. The molecule has 0 bridgehead atoms. The van der Waals surface area contributed by atoms with Crippen LogP contribution in [0.3, 0.4) is 0 Å². The van der Waals surface area contributed by atoms with Gasteiger partial charge in [0, 0.05) is 10.5 Å². The van der Waals surface area contributed by atoms with Gasteiger partial charge in [0.05, 0.1) is 16.8 Å². The van der Waals surface area contributed by atoms with E-state index in [4.69, 9.17) is 4.74 Å². The molecule has 0 spiro atoms. The van der Waals surface area contributed by atoms with Crippen molar-refractivity contribution >= 4 is 49.5 Å². The minimum atomic E-state index is -0.160. The second kappa shape index (κ2) is 8.08. The fraction of sp³-hybridized carbons (Fsp3) is 0.111. The van der Waals surface area contributed by atoms with Crippen LogP contribution in [0.15, 0.2) is 59.1 Å². The van der Waals surface area contributed by atoms with Crippen LogP contribution in [-0.2, 0) is 4.79 Å². The van der Waals surface area contributed by atoms with Crippen molar-refractivity contribution in [3.8, 4) is 5.75 Å². The maximum absolute atomic E-state index is 11.8. The zero-order chi connectivity index (χ0) is 16.8. The van der Waals surface area contributed by atoms with Crippen LogP contribution in [0.1, 0.15) is 5.01 Å². The fourth-order valence-corrected chi connectivity index (χ4v) is 3.32. The zero-order valence-electron chi connectivity index (χ0n) is 12.7. The van der Waals surface area contributed by atoms with E-state index in [-0.39, 0.29) is 5.91 Å². The number of halogens is 1. The van der Waals surface area contributed by atoms with Crippen molar-refractivity contribution in [3.63, 3.8) is 0 Å². The predicted octanol–water partition coefficient (Wildman–Crippen LogP) is 4.27. The number of benzene rings is 2. The van der Waals surface area contributed by atoms with E-state index in [1.165, 1.54) is 6.08 Å². The summed E-state index contributed by atoms with van der Waals surface area (Å²) in [6.45, 7) is 0.854. The van der Waals surface area contributed by atoms with Gasteiger partial charge < -0.3 is 10.1 Å². The van der Waals surface area contributed by atoms with Gasteiger partial charge >= 0.3 is 0 Å². The minimum absolute atomic E-state index is 0.160. The van der Waals surface area contributed by atoms with Crippen molar-refractivity contribution in [1.82, 2.24) is 10.3 Å². The number of aromatic nitrogens is 1. The molecule has 6 heteroatoms. The highest BCUT2D eigenvalue weighted by atomic mass is 79.9. The van der Waals surface area contributed by atoms with Crippen molar-refractivity contribution in [2.75, 3.05) is 13.2 Å². The Morgan fingerprint density at radius 2 is 2.12 bits per heavy atom. The van der Waals surface area contributed by atoms with E-state index in [0.29, 0.717) is 13.2 Å². The fourth-order valence-electron chi connectivity index (χ4n) is 2.07. The van der Waals surface area contributed by atoms with Crippen LogP contribution in [0.4, 0.5) is 0 Å². The van der Waals surface area contributed by atoms with Gasteiger partial charge in [-0.15, -0.1) is 11.3 Å². The van der Waals surface area contributed by atoms with Gasteiger partial charge in [0.25, 0.3) is 0 Å². The van der Waals surface area contributed by atoms with Crippen LogP contribution < -0.4 is 10.1 Å². The van der Waals surface area contributed by atoms with Crippen molar-refractivity contribution in [2.24, 2.45) is 0 Å². The molecule has 0 unspecified atom stereocenters. The van der Waals surface area contributed by atoms with Gasteiger partial charge in [-0.1, -0.05) is 34.1 Å². The molecular weight excluding hydrogens is 388 g/mol. The van der Waals surface area contributed by atoms with Crippen molar-refractivity contribution in [3.05, 3.63) is 64.1 Å². The van der Waals surface area contributed by atoms with Crippen LogP contribution in [0.25, 0.3) is 16.3 Å². The number of ether oxygens (including phenoxy) is 1. The Balaban J connectivity index is 1.45. The molecule has 1 aromatic heterocycles. The van der Waals surface area contributed by atoms with E-state index < -0.39 is 0 Å². The van der Waals surface area contributed by atoms with Gasteiger partial charge in [-0.25, -0.2) is 4.98 Å². The average molecular weight is 403 g/mol. The Morgan fingerprint density at radius 3 is 2.96 bits per heavy atom. The minimum Gasteiger partial charge on any atom is -0.492 e. The molecule has 2 aromatic carbocycles. The summed E-state index contributed by atoms with van der Waals surface area (Å²) in [5, 5.41) is 3.60. The van der Waals surface area contributed by atoms with E-state index in [2.05, 4.69) is 26.2 Å². The van der Waals surface area contributed by atoms with Crippen LogP contribution in [-0.4, -0.2) is 24.0 Å². The molecule has 0 aliphatic carbocycles. The molecule has 0 saturated heterocycles. The Bertz CT molecular complexity index is 843. The quantitative estimate of drug-likeness (QED) is 0.494. The van der Waals surface area contributed by atoms with E-state index in [0.717, 1.165) is 25.4 Å². The summed E-state index contributed by atoms with van der Waals surface area (Å²) >= 11 is 4.95. The maximum Gasteiger partial charge on any atom is 0.244 e. The van der Waals surface area contributed by atoms with E-state index in [1.807, 2.05) is 48.5 Å². The molecule has 4 nitrogen and oxygen atoms in total. The average Bonchev–Trinajstić information content (AvgIpc) is 3.00. The lowest BCUT2D eigenvalue weighted by Crippen LogP contribution is -2.26. The smallest absolute Gasteiger partial charge is 0.244 e. The Kier molecular flexibility index (Phi) is 5.61. The third kappa shape index (κ3) is 4.66. The molecule has 3 rings (SSSR count). The molecule has 24 heavy (non-hydrogen) atoms. The van der Waals surface area contributed by atoms with Gasteiger partial charge in [0.15, 0.2) is 0 Å². The van der Waals surface area contributed by atoms with E-state index in [1.54, 1.807) is 17.4 Å². The molecular formula is C18H15BrN2O2S. The van der Waals surface area contributed by atoms with E-state index in [9.17, 15) is 4.79 Å². The van der Waals surface area contributed by atoms with Crippen molar-refractivity contribution in [1.29, 1.82) is 0 Å². The number of hydrogen-bond donors (Lipinski definition) is 1. The molecule has 0 aliphatic rings. The molecule has 122 valence electrons. The lowest BCUT2D eigenvalue weighted by atomic mass is 10.3. The zero-order valence-corrected chi connectivity index (χ0v) is 15.1. The second-order valence-corrected chi connectivity index (χ2v) is 6.93. The third-order valence-electron chi connectivity index (χ3n) is 3.15. The van der Waals surface area contributed by atoms with E-state index >= 15 is 0 Å². The predicted molar refractivity (Wildman–Crippen MR) is 101 cm³/mol.